The van der Waals surface area contributed by atoms with Gasteiger partial charge in [-0.25, -0.2) is 13.4 Å². The number of hydrazone groups is 1. The molecule has 3 aromatic rings. The number of nitrogens with one attached hydrogen (secondary N) is 1. The second kappa shape index (κ2) is 9.24. The Bertz CT molecular complexity index is 1290. The van der Waals surface area contributed by atoms with Crippen molar-refractivity contribution in [3.63, 3.8) is 0 Å². The molecule has 1 atom stereocenters. The predicted octanol–water partition coefficient (Wildman–Crippen LogP) is 4.13. The van der Waals surface area contributed by atoms with Gasteiger partial charge in [-0.05, 0) is 47.3 Å². The van der Waals surface area contributed by atoms with Crippen LogP contribution >= 0.6 is 11.3 Å². The molecule has 0 saturated heterocycles. The molecule has 2 aromatic carbocycles. The summed E-state index contributed by atoms with van der Waals surface area (Å²) >= 11 is 1.36. The molecular formula is C23H23N3O5S2. The van der Waals surface area contributed by atoms with Crippen LogP contribution in [0.15, 0.2) is 65.1 Å². The van der Waals surface area contributed by atoms with Crippen molar-refractivity contribution < 1.29 is 22.7 Å². The van der Waals surface area contributed by atoms with Crippen LogP contribution in [0.25, 0.3) is 0 Å². The van der Waals surface area contributed by atoms with Gasteiger partial charge in [0.05, 0.1) is 37.1 Å². The number of benzene rings is 2. The SMILES string of the molecule is COc1ccc(OC)c([C@H]2CC(c3ccc(NS(C)(=O)=O)cc3)=NN2C(=O)c2cccs2)c1. The Balaban J connectivity index is 1.72. The molecule has 0 radical (unpaired) electrons. The van der Waals surface area contributed by atoms with E-state index in [1.54, 1.807) is 50.6 Å². The molecule has 1 N–H and O–H groups in total. The fourth-order valence-corrected chi connectivity index (χ4v) is 4.89. The number of anilines is 1. The van der Waals surface area contributed by atoms with Gasteiger partial charge in [-0.2, -0.15) is 5.10 Å². The zero-order valence-electron chi connectivity index (χ0n) is 18.3. The molecule has 10 heteroatoms. The zero-order chi connectivity index (χ0) is 23.6. The fourth-order valence-electron chi connectivity index (χ4n) is 3.67. The first-order valence-electron chi connectivity index (χ1n) is 10.0. The first kappa shape index (κ1) is 22.8. The number of ether oxygens (including phenoxy) is 2. The molecule has 8 nitrogen and oxygen atoms in total. The summed E-state index contributed by atoms with van der Waals surface area (Å²) in [6.45, 7) is 0. The summed E-state index contributed by atoms with van der Waals surface area (Å²) in [5, 5.41) is 8.02. The zero-order valence-corrected chi connectivity index (χ0v) is 19.9. The molecule has 1 amide bonds. The fraction of sp³-hybridized carbons (Fsp3) is 0.217. The summed E-state index contributed by atoms with van der Waals surface area (Å²) in [5.74, 6) is 1.08. The molecule has 0 unspecified atom stereocenters. The van der Waals surface area contributed by atoms with Crippen LogP contribution in [-0.4, -0.2) is 45.5 Å². The smallest absolute Gasteiger partial charge is 0.284 e. The summed E-state index contributed by atoms with van der Waals surface area (Å²) in [6, 6.07) is 15.6. The van der Waals surface area contributed by atoms with Gasteiger partial charge in [0.2, 0.25) is 10.0 Å². The van der Waals surface area contributed by atoms with E-state index in [0.29, 0.717) is 34.2 Å². The molecule has 0 bridgehead atoms. The van der Waals surface area contributed by atoms with E-state index in [1.165, 1.54) is 16.3 Å². The topological polar surface area (TPSA) is 97.3 Å². The summed E-state index contributed by atoms with van der Waals surface area (Å²) in [4.78, 5) is 13.9. The molecule has 1 aromatic heterocycles. The van der Waals surface area contributed by atoms with Gasteiger partial charge in [0.1, 0.15) is 11.5 Å². The van der Waals surface area contributed by atoms with E-state index in [1.807, 2.05) is 23.6 Å². The van der Waals surface area contributed by atoms with E-state index in [9.17, 15) is 13.2 Å². The highest BCUT2D eigenvalue weighted by molar-refractivity contribution is 7.92. The van der Waals surface area contributed by atoms with E-state index >= 15 is 0 Å². The van der Waals surface area contributed by atoms with E-state index in [0.717, 1.165) is 17.4 Å². The van der Waals surface area contributed by atoms with Crippen molar-refractivity contribution in [3.8, 4) is 11.5 Å². The molecule has 4 rings (SSSR count). The third-order valence-corrected chi connectivity index (χ3v) is 6.63. The van der Waals surface area contributed by atoms with Crippen molar-refractivity contribution >= 4 is 38.7 Å². The van der Waals surface area contributed by atoms with Gasteiger partial charge in [-0.15, -0.1) is 11.3 Å². The number of hydrogen-bond donors (Lipinski definition) is 1. The molecule has 33 heavy (non-hydrogen) atoms. The Morgan fingerprint density at radius 3 is 2.48 bits per heavy atom. The van der Waals surface area contributed by atoms with Crippen LogP contribution in [0, 0.1) is 0 Å². The molecule has 2 heterocycles. The van der Waals surface area contributed by atoms with Gasteiger partial charge in [-0.3, -0.25) is 9.52 Å². The number of nitrogens with zero attached hydrogens (tertiary/aromatic N) is 2. The lowest BCUT2D eigenvalue weighted by atomic mass is 9.97. The minimum atomic E-state index is -3.37. The molecule has 0 saturated carbocycles. The highest BCUT2D eigenvalue weighted by Crippen LogP contribution is 2.40. The number of amides is 1. The van der Waals surface area contributed by atoms with Gasteiger partial charge in [0, 0.05) is 17.7 Å². The maximum absolute atomic E-state index is 13.3. The van der Waals surface area contributed by atoms with Gasteiger partial charge >= 0.3 is 0 Å². The Morgan fingerprint density at radius 2 is 1.88 bits per heavy atom. The van der Waals surface area contributed by atoms with Crippen LogP contribution in [0.4, 0.5) is 5.69 Å². The van der Waals surface area contributed by atoms with Crippen LogP contribution in [0.5, 0.6) is 11.5 Å². The van der Waals surface area contributed by atoms with Crippen molar-refractivity contribution in [2.45, 2.75) is 12.5 Å². The quantitative estimate of drug-likeness (QED) is 0.543. The molecule has 1 aliphatic heterocycles. The first-order chi connectivity index (χ1) is 15.8. The molecule has 0 spiro atoms. The predicted molar refractivity (Wildman–Crippen MR) is 129 cm³/mol. The van der Waals surface area contributed by atoms with Crippen molar-refractivity contribution in [1.29, 1.82) is 0 Å². The molecule has 1 aliphatic rings. The van der Waals surface area contributed by atoms with Gasteiger partial charge < -0.3 is 9.47 Å². The Morgan fingerprint density at radius 1 is 1.12 bits per heavy atom. The standard InChI is InChI=1S/C23H23N3O5S2/c1-30-17-10-11-21(31-2)18(13-17)20-14-19(24-26(20)23(27)22-5-4-12-32-22)15-6-8-16(9-7-15)25-33(3,28)29/h4-13,20,25H,14H2,1-3H3/t20-/m1/s1. The average Bonchev–Trinajstić information content (AvgIpc) is 3.48. The summed E-state index contributed by atoms with van der Waals surface area (Å²) in [7, 11) is -0.201. The number of rotatable bonds is 7. The monoisotopic (exact) mass is 485 g/mol. The third-order valence-electron chi connectivity index (χ3n) is 5.17. The largest absolute Gasteiger partial charge is 0.497 e. The normalized spacial score (nSPS) is 15.8. The second-order valence-electron chi connectivity index (χ2n) is 7.45. The number of sulfonamides is 1. The Labute approximate surface area is 196 Å². The van der Waals surface area contributed by atoms with E-state index < -0.39 is 16.1 Å². The first-order valence-corrected chi connectivity index (χ1v) is 12.8. The number of carbonyl (C=O) groups is 1. The summed E-state index contributed by atoms with van der Waals surface area (Å²) in [5.41, 5.74) is 2.75. The molecule has 172 valence electrons. The van der Waals surface area contributed by atoms with Gasteiger partial charge in [0.25, 0.3) is 5.91 Å². The van der Waals surface area contributed by atoms with E-state index in [-0.39, 0.29) is 5.91 Å². The van der Waals surface area contributed by atoms with Crippen LogP contribution in [0.1, 0.15) is 33.3 Å². The molecule has 0 aliphatic carbocycles. The van der Waals surface area contributed by atoms with Crippen LogP contribution in [0.2, 0.25) is 0 Å². The number of carbonyl (C=O) groups excluding carboxylic acids is 1. The molecular weight excluding hydrogens is 462 g/mol. The lowest BCUT2D eigenvalue weighted by Gasteiger charge is -2.23. The van der Waals surface area contributed by atoms with Gasteiger partial charge in [0.15, 0.2) is 0 Å². The lowest BCUT2D eigenvalue weighted by Crippen LogP contribution is -2.26. The van der Waals surface area contributed by atoms with E-state index in [2.05, 4.69) is 9.82 Å². The van der Waals surface area contributed by atoms with Crippen molar-refractivity contribution in [2.75, 3.05) is 25.2 Å². The summed E-state index contributed by atoms with van der Waals surface area (Å²) in [6.07, 6.45) is 1.56. The maximum Gasteiger partial charge on any atom is 0.284 e. The minimum Gasteiger partial charge on any atom is -0.497 e. The lowest BCUT2D eigenvalue weighted by molar-refractivity contribution is 0.0714. The average molecular weight is 486 g/mol. The second-order valence-corrected chi connectivity index (χ2v) is 10.1. The maximum atomic E-state index is 13.3. The number of thiophene rings is 1. The molecule has 0 fully saturated rings. The number of hydrogen-bond acceptors (Lipinski definition) is 7. The van der Waals surface area contributed by atoms with Crippen LogP contribution < -0.4 is 14.2 Å². The Kier molecular flexibility index (Phi) is 6.39. The van der Waals surface area contributed by atoms with Crippen molar-refractivity contribution in [1.82, 2.24) is 5.01 Å². The van der Waals surface area contributed by atoms with Gasteiger partial charge in [-0.1, -0.05) is 18.2 Å². The van der Waals surface area contributed by atoms with Crippen LogP contribution in [-0.2, 0) is 10.0 Å². The van der Waals surface area contributed by atoms with Crippen molar-refractivity contribution in [3.05, 3.63) is 76.0 Å². The van der Waals surface area contributed by atoms with Crippen LogP contribution in [0.3, 0.4) is 0 Å². The highest BCUT2D eigenvalue weighted by atomic mass is 32.2. The summed E-state index contributed by atoms with van der Waals surface area (Å²) < 4.78 is 36.4. The Hall–Kier alpha value is -3.37. The van der Waals surface area contributed by atoms with Crippen molar-refractivity contribution in [2.24, 2.45) is 5.10 Å². The minimum absolute atomic E-state index is 0.203. The third kappa shape index (κ3) is 5.01. The van der Waals surface area contributed by atoms with E-state index in [4.69, 9.17) is 9.47 Å². The highest BCUT2D eigenvalue weighted by Gasteiger charge is 2.36. The number of methoxy groups -OCH3 is 2.